The molecule has 2 aliphatic rings. The number of aryl methyl sites for hydroxylation is 1. The second kappa shape index (κ2) is 6.59. The summed E-state index contributed by atoms with van der Waals surface area (Å²) in [4.78, 5) is 41.8. The first kappa shape index (κ1) is 16.4. The van der Waals surface area contributed by atoms with E-state index in [1.54, 1.807) is 12.3 Å². The summed E-state index contributed by atoms with van der Waals surface area (Å²) < 4.78 is 0. The van der Waals surface area contributed by atoms with Crippen LogP contribution in [0, 0.1) is 6.92 Å². The average molecular weight is 330 g/mol. The molecule has 1 spiro atoms. The number of hydrogen-bond acceptors (Lipinski definition) is 4. The van der Waals surface area contributed by atoms with Crippen LogP contribution in [0.25, 0.3) is 0 Å². The molecule has 0 radical (unpaired) electrons. The molecule has 0 atom stereocenters. The molecule has 128 valence electrons. The number of nitrogens with zero attached hydrogens (tertiary/aromatic N) is 2. The molecule has 0 bridgehead atoms. The number of aromatic nitrogens is 1. The second-order valence-electron chi connectivity index (χ2n) is 6.55. The van der Waals surface area contributed by atoms with Gasteiger partial charge >= 0.3 is 6.03 Å². The van der Waals surface area contributed by atoms with Crippen molar-refractivity contribution in [3.05, 3.63) is 23.9 Å². The maximum Gasteiger partial charge on any atom is 0.325 e. The molecule has 1 aliphatic carbocycles. The van der Waals surface area contributed by atoms with Gasteiger partial charge in [0.25, 0.3) is 5.91 Å². The minimum atomic E-state index is -0.675. The Morgan fingerprint density at radius 2 is 2.08 bits per heavy atom. The average Bonchev–Trinajstić information content (AvgIpc) is 3.10. The third-order valence-corrected chi connectivity index (χ3v) is 4.67. The van der Waals surface area contributed by atoms with Crippen LogP contribution in [0.5, 0.6) is 0 Å². The van der Waals surface area contributed by atoms with Crippen LogP contribution in [0.15, 0.2) is 18.3 Å². The van der Waals surface area contributed by atoms with E-state index in [0.717, 1.165) is 18.4 Å². The predicted molar refractivity (Wildman–Crippen MR) is 88.3 cm³/mol. The highest BCUT2D eigenvalue weighted by Crippen LogP contribution is 2.35. The summed E-state index contributed by atoms with van der Waals surface area (Å²) in [6.45, 7) is 2.19. The molecule has 2 heterocycles. The zero-order chi connectivity index (χ0) is 17.2. The van der Waals surface area contributed by atoms with Crippen molar-refractivity contribution in [2.75, 3.05) is 11.9 Å². The fourth-order valence-corrected chi connectivity index (χ4v) is 3.34. The van der Waals surface area contributed by atoms with Gasteiger partial charge in [-0.1, -0.05) is 18.9 Å². The molecule has 1 saturated heterocycles. The molecule has 2 N–H and O–H groups in total. The zero-order valence-corrected chi connectivity index (χ0v) is 13.8. The standard InChI is InChI=1S/C17H22N4O3/c1-12-6-7-13(18-11-12)19-14(22)5-4-10-21-15(23)17(20-16(21)24)8-2-3-9-17/h6-7,11H,2-5,8-10H2,1H3,(H,20,24)(H,18,19,22). The Hall–Kier alpha value is -2.44. The third-order valence-electron chi connectivity index (χ3n) is 4.67. The first-order chi connectivity index (χ1) is 11.5. The van der Waals surface area contributed by atoms with Crippen molar-refractivity contribution in [1.82, 2.24) is 15.2 Å². The number of pyridine rings is 1. The number of rotatable bonds is 5. The van der Waals surface area contributed by atoms with Gasteiger partial charge in [0.05, 0.1) is 0 Å². The summed E-state index contributed by atoms with van der Waals surface area (Å²) in [6.07, 6.45) is 5.72. The SMILES string of the molecule is Cc1ccc(NC(=O)CCCN2C(=O)NC3(CCCC3)C2=O)nc1. The highest BCUT2D eigenvalue weighted by atomic mass is 16.2. The van der Waals surface area contributed by atoms with Gasteiger partial charge in [-0.3, -0.25) is 14.5 Å². The Morgan fingerprint density at radius 3 is 2.75 bits per heavy atom. The molecule has 1 aliphatic heterocycles. The maximum atomic E-state index is 12.5. The molecule has 3 rings (SSSR count). The minimum Gasteiger partial charge on any atom is -0.323 e. The number of urea groups is 1. The number of carbonyl (C=O) groups is 3. The second-order valence-corrected chi connectivity index (χ2v) is 6.55. The lowest BCUT2D eigenvalue weighted by Crippen LogP contribution is -2.44. The Bertz CT molecular complexity index is 650. The summed E-state index contributed by atoms with van der Waals surface area (Å²) in [6, 6.07) is 3.29. The van der Waals surface area contributed by atoms with Crippen molar-refractivity contribution in [3.63, 3.8) is 0 Å². The van der Waals surface area contributed by atoms with Gasteiger partial charge in [0.15, 0.2) is 0 Å². The van der Waals surface area contributed by atoms with Gasteiger partial charge in [0.1, 0.15) is 11.4 Å². The van der Waals surface area contributed by atoms with E-state index in [2.05, 4.69) is 15.6 Å². The van der Waals surface area contributed by atoms with E-state index in [9.17, 15) is 14.4 Å². The fourth-order valence-electron chi connectivity index (χ4n) is 3.34. The molecule has 1 aromatic rings. The monoisotopic (exact) mass is 330 g/mol. The van der Waals surface area contributed by atoms with Crippen LogP contribution < -0.4 is 10.6 Å². The maximum absolute atomic E-state index is 12.5. The van der Waals surface area contributed by atoms with Crippen LogP contribution >= 0.6 is 0 Å². The van der Waals surface area contributed by atoms with Gasteiger partial charge in [-0.25, -0.2) is 9.78 Å². The predicted octanol–water partition coefficient (Wildman–Crippen LogP) is 1.97. The third kappa shape index (κ3) is 3.25. The first-order valence-electron chi connectivity index (χ1n) is 8.37. The van der Waals surface area contributed by atoms with Crippen molar-refractivity contribution < 1.29 is 14.4 Å². The topological polar surface area (TPSA) is 91.4 Å². The molecule has 7 heteroatoms. The van der Waals surface area contributed by atoms with Crippen LogP contribution in [-0.4, -0.2) is 39.8 Å². The van der Waals surface area contributed by atoms with E-state index in [1.807, 2.05) is 13.0 Å². The van der Waals surface area contributed by atoms with Crippen LogP contribution in [0.2, 0.25) is 0 Å². The van der Waals surface area contributed by atoms with Crippen molar-refractivity contribution in [2.45, 2.75) is 51.0 Å². The number of carbonyl (C=O) groups excluding carboxylic acids is 3. The number of anilines is 1. The number of nitrogens with one attached hydrogen (secondary N) is 2. The van der Waals surface area contributed by atoms with Crippen LogP contribution in [0.1, 0.15) is 44.1 Å². The first-order valence-corrected chi connectivity index (χ1v) is 8.37. The van der Waals surface area contributed by atoms with Crippen molar-refractivity contribution in [3.8, 4) is 0 Å². The fraction of sp³-hybridized carbons (Fsp3) is 0.529. The summed E-state index contributed by atoms with van der Waals surface area (Å²) in [7, 11) is 0. The quantitative estimate of drug-likeness (QED) is 0.808. The van der Waals surface area contributed by atoms with Crippen LogP contribution in [-0.2, 0) is 9.59 Å². The van der Waals surface area contributed by atoms with E-state index < -0.39 is 5.54 Å². The van der Waals surface area contributed by atoms with E-state index in [1.165, 1.54) is 4.90 Å². The highest BCUT2D eigenvalue weighted by molar-refractivity contribution is 6.07. The summed E-state index contributed by atoms with van der Waals surface area (Å²) in [5.41, 5.74) is 0.345. The van der Waals surface area contributed by atoms with Gasteiger partial charge in [-0.15, -0.1) is 0 Å². The lowest BCUT2D eigenvalue weighted by Gasteiger charge is -2.19. The van der Waals surface area contributed by atoms with Crippen molar-refractivity contribution in [2.24, 2.45) is 0 Å². The lowest BCUT2D eigenvalue weighted by molar-refractivity contribution is -0.131. The molecule has 24 heavy (non-hydrogen) atoms. The van der Waals surface area contributed by atoms with Gasteiger partial charge < -0.3 is 10.6 Å². The zero-order valence-electron chi connectivity index (χ0n) is 13.8. The Labute approximate surface area is 140 Å². The van der Waals surface area contributed by atoms with Gasteiger partial charge in [-0.2, -0.15) is 0 Å². The summed E-state index contributed by atoms with van der Waals surface area (Å²) in [5.74, 6) is 0.199. The van der Waals surface area contributed by atoms with Gasteiger partial charge in [-0.05, 0) is 37.8 Å². The smallest absolute Gasteiger partial charge is 0.323 e. The summed E-state index contributed by atoms with van der Waals surface area (Å²) >= 11 is 0. The number of hydrogen-bond donors (Lipinski definition) is 2. The molecule has 2 fully saturated rings. The molecule has 1 aromatic heterocycles. The lowest BCUT2D eigenvalue weighted by atomic mass is 9.98. The van der Waals surface area contributed by atoms with Crippen molar-refractivity contribution in [1.29, 1.82) is 0 Å². The van der Waals surface area contributed by atoms with E-state index >= 15 is 0 Å². The normalized spacial score (nSPS) is 19.0. The number of amides is 4. The van der Waals surface area contributed by atoms with E-state index in [0.29, 0.717) is 25.1 Å². The molecule has 4 amide bonds. The molecule has 0 unspecified atom stereocenters. The van der Waals surface area contributed by atoms with E-state index in [-0.39, 0.29) is 30.8 Å². The molecular formula is C17H22N4O3. The Balaban J connectivity index is 1.47. The summed E-state index contributed by atoms with van der Waals surface area (Å²) in [5, 5.41) is 5.55. The number of imide groups is 1. The molecule has 1 saturated carbocycles. The van der Waals surface area contributed by atoms with Crippen LogP contribution in [0.3, 0.4) is 0 Å². The Morgan fingerprint density at radius 1 is 1.33 bits per heavy atom. The van der Waals surface area contributed by atoms with E-state index in [4.69, 9.17) is 0 Å². The highest BCUT2D eigenvalue weighted by Gasteiger charge is 2.51. The minimum absolute atomic E-state index is 0.134. The Kier molecular flexibility index (Phi) is 4.51. The van der Waals surface area contributed by atoms with Gasteiger partial charge in [0, 0.05) is 19.2 Å². The molecule has 0 aromatic carbocycles. The van der Waals surface area contributed by atoms with Crippen LogP contribution in [0.4, 0.5) is 10.6 Å². The molecule has 7 nitrogen and oxygen atoms in total. The van der Waals surface area contributed by atoms with Gasteiger partial charge in [0.2, 0.25) is 5.91 Å². The molecular weight excluding hydrogens is 308 g/mol. The van der Waals surface area contributed by atoms with Crippen molar-refractivity contribution >= 4 is 23.7 Å². The largest absolute Gasteiger partial charge is 0.325 e.